The van der Waals surface area contributed by atoms with Crippen LogP contribution in [0.4, 0.5) is 5.00 Å². The summed E-state index contributed by atoms with van der Waals surface area (Å²) in [4.78, 5) is 6.85. The van der Waals surface area contributed by atoms with Crippen LogP contribution in [-0.2, 0) is 0 Å². The quantitative estimate of drug-likeness (QED) is 0.828. The lowest BCUT2D eigenvalue weighted by molar-refractivity contribution is 0.889. The first-order valence-electron chi connectivity index (χ1n) is 6.69. The number of anilines is 1. The summed E-state index contributed by atoms with van der Waals surface area (Å²) in [5.74, 6) is 0.513. The van der Waals surface area contributed by atoms with Crippen LogP contribution in [-0.4, -0.2) is 17.2 Å². The van der Waals surface area contributed by atoms with Crippen molar-refractivity contribution in [1.82, 2.24) is 0 Å². The third kappa shape index (κ3) is 2.53. The molecule has 20 heavy (non-hydrogen) atoms. The average Bonchev–Trinajstić information content (AvgIpc) is 2.78. The van der Waals surface area contributed by atoms with E-state index < -0.39 is 0 Å². The van der Waals surface area contributed by atoms with E-state index in [9.17, 15) is 0 Å². The molecular formula is C16H16N2S2. The Balaban J connectivity index is 2.14. The fourth-order valence-electron chi connectivity index (χ4n) is 2.21. The van der Waals surface area contributed by atoms with Crippen LogP contribution in [0, 0.1) is 0 Å². The molecule has 0 bridgehead atoms. The van der Waals surface area contributed by atoms with Crippen molar-refractivity contribution in [2.45, 2.75) is 19.8 Å². The summed E-state index contributed by atoms with van der Waals surface area (Å²) < 4.78 is 0. The van der Waals surface area contributed by atoms with Crippen molar-refractivity contribution in [2.75, 3.05) is 11.9 Å². The molecule has 0 aliphatic carbocycles. The van der Waals surface area contributed by atoms with Crippen molar-refractivity contribution >= 4 is 39.3 Å². The van der Waals surface area contributed by atoms with Crippen LogP contribution in [0.25, 0.3) is 0 Å². The van der Waals surface area contributed by atoms with E-state index in [1.165, 1.54) is 10.4 Å². The van der Waals surface area contributed by atoms with Crippen molar-refractivity contribution in [2.24, 2.45) is 4.99 Å². The predicted octanol–water partition coefficient (Wildman–Crippen LogP) is 4.46. The molecule has 0 saturated heterocycles. The van der Waals surface area contributed by atoms with Gasteiger partial charge in [-0.1, -0.05) is 56.4 Å². The zero-order chi connectivity index (χ0) is 14.1. The molecule has 2 heterocycles. The van der Waals surface area contributed by atoms with E-state index in [1.54, 1.807) is 11.3 Å². The maximum Gasteiger partial charge on any atom is 0.103 e. The Labute approximate surface area is 128 Å². The van der Waals surface area contributed by atoms with Crippen LogP contribution >= 0.6 is 23.6 Å². The van der Waals surface area contributed by atoms with Crippen molar-refractivity contribution in [3.8, 4) is 0 Å². The highest BCUT2D eigenvalue weighted by Gasteiger charge is 2.20. The Bertz CT molecular complexity index is 669. The van der Waals surface area contributed by atoms with Crippen LogP contribution in [0.3, 0.4) is 0 Å². The van der Waals surface area contributed by atoms with E-state index in [0.717, 1.165) is 21.3 Å². The van der Waals surface area contributed by atoms with E-state index in [2.05, 4.69) is 37.4 Å². The summed E-state index contributed by atoms with van der Waals surface area (Å²) in [6.07, 6.45) is 0. The van der Waals surface area contributed by atoms with Gasteiger partial charge < -0.3 is 5.32 Å². The SMILES string of the molecule is CC(C)c1cc2c(s1)NC(=S)CN=C2c1ccccc1. The summed E-state index contributed by atoms with van der Waals surface area (Å²) in [5, 5.41) is 4.46. The lowest BCUT2D eigenvalue weighted by atomic mass is 10.0. The zero-order valence-electron chi connectivity index (χ0n) is 11.5. The minimum absolute atomic E-state index is 0.513. The molecule has 0 saturated carbocycles. The molecule has 0 unspecified atom stereocenters. The molecular weight excluding hydrogens is 284 g/mol. The maximum atomic E-state index is 5.33. The van der Waals surface area contributed by atoms with Gasteiger partial charge in [0.05, 0.1) is 12.3 Å². The zero-order valence-corrected chi connectivity index (χ0v) is 13.1. The van der Waals surface area contributed by atoms with Gasteiger partial charge in [-0.05, 0) is 12.0 Å². The molecule has 1 aliphatic rings. The minimum atomic E-state index is 0.513. The van der Waals surface area contributed by atoms with Crippen LogP contribution in [0.2, 0.25) is 0 Å². The third-order valence-corrected chi connectivity index (χ3v) is 4.84. The van der Waals surface area contributed by atoms with Crippen molar-refractivity contribution in [1.29, 1.82) is 0 Å². The molecule has 1 aromatic carbocycles. The average molecular weight is 300 g/mol. The van der Waals surface area contributed by atoms with Gasteiger partial charge in [0.15, 0.2) is 0 Å². The lowest BCUT2D eigenvalue weighted by Gasteiger charge is -2.04. The summed E-state index contributed by atoms with van der Waals surface area (Å²) >= 11 is 7.11. The van der Waals surface area contributed by atoms with E-state index in [0.29, 0.717) is 12.5 Å². The van der Waals surface area contributed by atoms with Gasteiger partial charge in [-0.15, -0.1) is 11.3 Å². The smallest absolute Gasteiger partial charge is 0.103 e. The summed E-state index contributed by atoms with van der Waals surface area (Å²) in [7, 11) is 0. The molecule has 2 nitrogen and oxygen atoms in total. The Hall–Kier alpha value is -1.52. The van der Waals surface area contributed by atoms with E-state index in [4.69, 9.17) is 17.2 Å². The number of thiocarbonyl (C=S) groups is 1. The summed E-state index contributed by atoms with van der Waals surface area (Å²) in [6.45, 7) is 4.98. The first-order chi connectivity index (χ1) is 9.65. The molecule has 0 fully saturated rings. The molecule has 2 aromatic rings. The molecule has 0 radical (unpaired) electrons. The van der Waals surface area contributed by atoms with Gasteiger partial charge in [0.2, 0.25) is 0 Å². The monoisotopic (exact) mass is 300 g/mol. The summed E-state index contributed by atoms with van der Waals surface area (Å²) in [5.41, 5.74) is 3.36. The summed E-state index contributed by atoms with van der Waals surface area (Å²) in [6, 6.07) is 12.6. The largest absolute Gasteiger partial charge is 0.340 e. The molecule has 1 aliphatic heterocycles. The van der Waals surface area contributed by atoms with E-state index >= 15 is 0 Å². The lowest BCUT2D eigenvalue weighted by Crippen LogP contribution is -2.09. The number of hydrogen-bond donors (Lipinski definition) is 1. The van der Waals surface area contributed by atoms with E-state index in [1.807, 2.05) is 18.2 Å². The normalized spacial score (nSPS) is 14.6. The Morgan fingerprint density at radius 3 is 2.70 bits per heavy atom. The molecule has 0 atom stereocenters. The van der Waals surface area contributed by atoms with Gasteiger partial charge in [0, 0.05) is 16.0 Å². The van der Waals surface area contributed by atoms with Gasteiger partial charge in [-0.25, -0.2) is 0 Å². The first kappa shape index (κ1) is 13.5. The highest BCUT2D eigenvalue weighted by Crippen LogP contribution is 2.35. The number of fused-ring (bicyclic) bond motifs is 1. The highest BCUT2D eigenvalue weighted by molar-refractivity contribution is 7.80. The van der Waals surface area contributed by atoms with Crippen molar-refractivity contribution < 1.29 is 0 Å². The van der Waals surface area contributed by atoms with Crippen LogP contribution in [0.15, 0.2) is 41.4 Å². The van der Waals surface area contributed by atoms with Gasteiger partial charge in [-0.2, -0.15) is 0 Å². The topological polar surface area (TPSA) is 24.4 Å². The Morgan fingerprint density at radius 2 is 2.00 bits per heavy atom. The second kappa shape index (κ2) is 5.46. The fraction of sp³-hybridized carbons (Fsp3) is 0.250. The predicted molar refractivity (Wildman–Crippen MR) is 91.6 cm³/mol. The number of nitrogens with zero attached hydrogens (tertiary/aromatic N) is 1. The Kier molecular flexibility index (Phi) is 3.68. The van der Waals surface area contributed by atoms with Gasteiger partial charge in [0.1, 0.15) is 9.99 Å². The minimum Gasteiger partial charge on any atom is -0.340 e. The number of rotatable bonds is 2. The number of thiophene rings is 1. The number of aliphatic imine (C=N–C) groups is 1. The molecule has 4 heteroatoms. The highest BCUT2D eigenvalue weighted by atomic mass is 32.1. The molecule has 1 aromatic heterocycles. The van der Waals surface area contributed by atoms with Crippen LogP contribution in [0.1, 0.15) is 35.8 Å². The number of hydrogen-bond acceptors (Lipinski definition) is 3. The van der Waals surface area contributed by atoms with Gasteiger partial charge >= 0.3 is 0 Å². The van der Waals surface area contributed by atoms with Crippen LogP contribution < -0.4 is 5.32 Å². The molecule has 0 amide bonds. The van der Waals surface area contributed by atoms with Gasteiger partial charge in [0.25, 0.3) is 0 Å². The van der Waals surface area contributed by atoms with Gasteiger partial charge in [-0.3, -0.25) is 4.99 Å². The molecule has 1 N–H and O–H groups in total. The molecule has 3 rings (SSSR count). The standard InChI is InChI=1S/C16H16N2S2/c1-10(2)13-8-12-15(11-6-4-3-5-7-11)17-9-14(19)18-16(12)20-13/h3-8,10H,9H2,1-2H3,(H,18,19). The second-order valence-corrected chi connectivity index (χ2v) is 6.70. The Morgan fingerprint density at radius 1 is 1.25 bits per heavy atom. The van der Waals surface area contributed by atoms with E-state index in [-0.39, 0.29) is 0 Å². The van der Waals surface area contributed by atoms with Crippen molar-refractivity contribution in [3.63, 3.8) is 0 Å². The molecule has 102 valence electrons. The third-order valence-electron chi connectivity index (χ3n) is 3.26. The second-order valence-electron chi connectivity index (χ2n) is 5.13. The van der Waals surface area contributed by atoms with Crippen molar-refractivity contribution in [3.05, 3.63) is 52.4 Å². The molecule has 0 spiro atoms. The number of nitrogens with one attached hydrogen (secondary N) is 1. The fourth-order valence-corrected chi connectivity index (χ4v) is 3.53. The van der Waals surface area contributed by atoms with Crippen LogP contribution in [0.5, 0.6) is 0 Å². The maximum absolute atomic E-state index is 5.33. The first-order valence-corrected chi connectivity index (χ1v) is 7.91. The number of benzene rings is 1.